The fourth-order valence-electron chi connectivity index (χ4n) is 3.95. The largest absolute Gasteiger partial charge is 0.491 e. The Morgan fingerprint density at radius 3 is 3.00 bits per heavy atom. The van der Waals surface area contributed by atoms with Crippen LogP contribution in [0, 0.1) is 0 Å². The molecule has 9 heteroatoms. The zero-order valence-corrected chi connectivity index (χ0v) is 17.0. The molecule has 0 aliphatic carbocycles. The van der Waals surface area contributed by atoms with Crippen molar-refractivity contribution in [3.63, 3.8) is 0 Å². The maximum atomic E-state index is 10.6. The molecule has 0 spiro atoms. The molecule has 1 aliphatic rings. The summed E-state index contributed by atoms with van der Waals surface area (Å²) in [5.74, 6) is 1.10. The van der Waals surface area contributed by atoms with Crippen molar-refractivity contribution in [1.29, 1.82) is 0 Å². The summed E-state index contributed by atoms with van der Waals surface area (Å²) in [6.07, 6.45) is 3.97. The number of benzene rings is 1. The highest BCUT2D eigenvalue weighted by atomic mass is 16.6. The number of methoxy groups -OCH3 is 1. The van der Waals surface area contributed by atoms with E-state index in [1.54, 1.807) is 24.1 Å². The summed E-state index contributed by atoms with van der Waals surface area (Å²) in [5, 5.41) is 12.3. The van der Waals surface area contributed by atoms with Crippen molar-refractivity contribution in [3.8, 4) is 5.75 Å². The van der Waals surface area contributed by atoms with Gasteiger partial charge in [0, 0.05) is 37.4 Å². The number of ether oxygens (including phenoxy) is 3. The van der Waals surface area contributed by atoms with Crippen LogP contribution in [0.3, 0.4) is 0 Å². The predicted octanol–water partition coefficient (Wildman–Crippen LogP) is 2.44. The summed E-state index contributed by atoms with van der Waals surface area (Å²) in [7, 11) is 1.66. The van der Waals surface area contributed by atoms with Crippen molar-refractivity contribution in [2.24, 2.45) is 0 Å². The molecule has 31 heavy (non-hydrogen) atoms. The first-order chi connectivity index (χ1) is 15.1. The monoisotopic (exact) mass is 421 g/mol. The minimum absolute atomic E-state index is 0.260. The lowest BCUT2D eigenvalue weighted by molar-refractivity contribution is -0.0454. The molecule has 160 valence electrons. The lowest BCUT2D eigenvalue weighted by atomic mass is 10.1. The Morgan fingerprint density at radius 1 is 1.23 bits per heavy atom. The second kappa shape index (κ2) is 8.10. The molecule has 3 N–H and O–H groups in total. The van der Waals surface area contributed by atoms with E-state index in [-0.39, 0.29) is 6.10 Å². The van der Waals surface area contributed by atoms with Gasteiger partial charge in [0.1, 0.15) is 36.3 Å². The Kier molecular flexibility index (Phi) is 5.14. The molecule has 1 saturated heterocycles. The minimum atomic E-state index is -0.683. The Balaban J connectivity index is 1.27. The highest BCUT2D eigenvalue weighted by molar-refractivity contribution is 5.86. The van der Waals surface area contributed by atoms with Crippen LogP contribution in [0.2, 0.25) is 0 Å². The van der Waals surface area contributed by atoms with Crippen molar-refractivity contribution in [2.45, 2.75) is 31.5 Å². The van der Waals surface area contributed by atoms with Gasteiger partial charge in [-0.1, -0.05) is 0 Å². The van der Waals surface area contributed by atoms with Crippen molar-refractivity contribution in [3.05, 3.63) is 54.6 Å². The smallest absolute Gasteiger partial charge is 0.161 e. The second-order valence-electron chi connectivity index (χ2n) is 7.61. The highest BCUT2D eigenvalue weighted by Gasteiger charge is 2.36. The number of aliphatic hydroxyl groups excluding tert-OH is 1. The molecule has 5 rings (SSSR count). The molecule has 3 unspecified atom stereocenters. The van der Waals surface area contributed by atoms with E-state index in [9.17, 15) is 5.11 Å². The Hall–Kier alpha value is -3.27. The molecule has 1 aliphatic heterocycles. The third kappa shape index (κ3) is 3.78. The summed E-state index contributed by atoms with van der Waals surface area (Å²) in [6.45, 7) is 0.843. The van der Waals surface area contributed by atoms with Gasteiger partial charge in [0.25, 0.3) is 0 Å². The Bertz CT molecular complexity index is 1230. The van der Waals surface area contributed by atoms with E-state index in [4.69, 9.17) is 19.9 Å². The van der Waals surface area contributed by atoms with Crippen LogP contribution in [0.4, 0.5) is 5.82 Å². The molecule has 1 fully saturated rings. The maximum absolute atomic E-state index is 10.6. The fourth-order valence-corrected chi connectivity index (χ4v) is 3.95. The molecule has 0 amide bonds. The van der Waals surface area contributed by atoms with Crippen LogP contribution < -0.4 is 10.5 Å². The van der Waals surface area contributed by atoms with Crippen LogP contribution in [0.25, 0.3) is 21.9 Å². The van der Waals surface area contributed by atoms with E-state index in [0.717, 1.165) is 21.9 Å². The van der Waals surface area contributed by atoms with Gasteiger partial charge in [-0.15, -0.1) is 0 Å². The molecule has 4 heterocycles. The number of rotatable bonds is 6. The van der Waals surface area contributed by atoms with Crippen LogP contribution >= 0.6 is 0 Å². The number of anilines is 1. The molecule has 0 saturated carbocycles. The van der Waals surface area contributed by atoms with Gasteiger partial charge < -0.3 is 29.6 Å². The first kappa shape index (κ1) is 19.7. The van der Waals surface area contributed by atoms with Crippen molar-refractivity contribution < 1.29 is 19.3 Å². The third-order valence-corrected chi connectivity index (χ3v) is 5.44. The standard InChI is InChI=1S/C22H23N5O4/c1-29-10-13-6-14-2-3-15(7-18(14)24-9-13)30-11-16-8-19(28)22(31-16)27-5-4-17-20(23)25-12-26-21(17)27/h2-7,9,12,16,19,22,28H,8,10-11H2,1H3,(H2,23,25,26). The van der Waals surface area contributed by atoms with Crippen LogP contribution in [0.1, 0.15) is 18.2 Å². The van der Waals surface area contributed by atoms with Crippen molar-refractivity contribution in [2.75, 3.05) is 19.5 Å². The zero-order chi connectivity index (χ0) is 21.4. The molecule has 0 radical (unpaired) electrons. The third-order valence-electron chi connectivity index (χ3n) is 5.44. The van der Waals surface area contributed by atoms with Crippen LogP contribution in [0.5, 0.6) is 5.75 Å². The number of aliphatic hydroxyl groups is 1. The van der Waals surface area contributed by atoms with Gasteiger partial charge in [0.15, 0.2) is 6.23 Å². The number of aromatic nitrogens is 4. The van der Waals surface area contributed by atoms with Crippen molar-refractivity contribution >= 4 is 27.8 Å². The van der Waals surface area contributed by atoms with E-state index < -0.39 is 12.3 Å². The van der Waals surface area contributed by atoms with E-state index in [1.165, 1.54) is 6.33 Å². The number of fused-ring (bicyclic) bond motifs is 2. The maximum Gasteiger partial charge on any atom is 0.161 e. The second-order valence-corrected chi connectivity index (χ2v) is 7.61. The lowest BCUT2D eigenvalue weighted by Gasteiger charge is -2.18. The summed E-state index contributed by atoms with van der Waals surface area (Å²) >= 11 is 0. The average Bonchev–Trinajstić information content (AvgIpc) is 3.36. The van der Waals surface area contributed by atoms with Gasteiger partial charge in [-0.25, -0.2) is 9.97 Å². The summed E-state index contributed by atoms with van der Waals surface area (Å²) in [4.78, 5) is 12.8. The number of pyridine rings is 1. The number of nitrogen functional groups attached to an aromatic ring is 1. The van der Waals surface area contributed by atoms with Crippen molar-refractivity contribution in [1.82, 2.24) is 19.5 Å². The molecule has 0 bridgehead atoms. The predicted molar refractivity (Wildman–Crippen MR) is 114 cm³/mol. The normalized spacial score (nSPS) is 21.2. The summed E-state index contributed by atoms with van der Waals surface area (Å²) in [6, 6.07) is 9.65. The van der Waals surface area contributed by atoms with E-state index in [0.29, 0.717) is 36.8 Å². The van der Waals surface area contributed by atoms with E-state index >= 15 is 0 Å². The first-order valence-electron chi connectivity index (χ1n) is 10.0. The van der Waals surface area contributed by atoms with Crippen LogP contribution in [0.15, 0.2) is 49.1 Å². The number of hydrogen-bond acceptors (Lipinski definition) is 8. The minimum Gasteiger partial charge on any atom is -0.491 e. The lowest BCUT2D eigenvalue weighted by Crippen LogP contribution is -2.19. The molecule has 9 nitrogen and oxygen atoms in total. The molecular weight excluding hydrogens is 398 g/mol. The molecule has 3 atom stereocenters. The molecular formula is C22H23N5O4. The summed E-state index contributed by atoms with van der Waals surface area (Å²) < 4.78 is 19.0. The Morgan fingerprint density at radius 2 is 2.13 bits per heavy atom. The SMILES string of the molecule is COCc1cnc2cc(OCC3CC(O)C(n4ccc5c(N)ncnc54)O3)ccc2c1. The van der Waals surface area contributed by atoms with Gasteiger partial charge >= 0.3 is 0 Å². The molecule has 3 aromatic heterocycles. The Labute approximate surface area is 178 Å². The molecule has 1 aromatic carbocycles. The number of hydrogen-bond donors (Lipinski definition) is 2. The number of nitrogens with two attached hydrogens (primary N) is 1. The van der Waals surface area contributed by atoms with Gasteiger partial charge in [-0.2, -0.15) is 0 Å². The van der Waals surface area contributed by atoms with Gasteiger partial charge in [-0.05, 0) is 29.8 Å². The van der Waals surface area contributed by atoms with Gasteiger partial charge in [0.2, 0.25) is 0 Å². The topological polar surface area (TPSA) is 118 Å². The van der Waals surface area contributed by atoms with E-state index in [1.807, 2.05) is 30.3 Å². The quantitative estimate of drug-likeness (QED) is 0.487. The fraction of sp³-hybridized carbons (Fsp3) is 0.318. The number of nitrogens with zero attached hydrogens (tertiary/aromatic N) is 4. The van der Waals surface area contributed by atoms with Crippen LogP contribution in [-0.4, -0.2) is 50.6 Å². The molecule has 4 aromatic rings. The summed E-state index contributed by atoms with van der Waals surface area (Å²) in [5.41, 5.74) is 8.40. The van der Waals surface area contributed by atoms with Crippen LogP contribution in [-0.2, 0) is 16.1 Å². The zero-order valence-electron chi connectivity index (χ0n) is 17.0. The first-order valence-corrected chi connectivity index (χ1v) is 10.0. The highest BCUT2D eigenvalue weighted by Crippen LogP contribution is 2.33. The average molecular weight is 421 g/mol. The van der Waals surface area contributed by atoms with Gasteiger partial charge in [0.05, 0.1) is 23.6 Å². The van der Waals surface area contributed by atoms with Gasteiger partial charge in [-0.3, -0.25) is 4.98 Å². The van der Waals surface area contributed by atoms with E-state index in [2.05, 4.69) is 15.0 Å².